The number of hydrogen-bond donors (Lipinski definition) is 0. The van der Waals surface area contributed by atoms with Crippen molar-refractivity contribution in [2.45, 2.75) is 31.7 Å². The molecule has 0 unspecified atom stereocenters. The van der Waals surface area contributed by atoms with E-state index >= 15 is 0 Å². The van der Waals surface area contributed by atoms with E-state index in [1.54, 1.807) is 0 Å². The maximum Gasteiger partial charge on any atom is 0.255 e. The number of likely N-dealkylation sites (N-methyl/N-ethyl adjacent to an activating group) is 1. The molecule has 1 aromatic rings. The summed E-state index contributed by atoms with van der Waals surface area (Å²) in [5, 5.41) is 0. The van der Waals surface area contributed by atoms with Gasteiger partial charge in [-0.1, -0.05) is 25.0 Å². The predicted molar refractivity (Wildman–Crippen MR) is 86.0 cm³/mol. The Morgan fingerprint density at radius 1 is 1.20 bits per heavy atom. The minimum absolute atomic E-state index is 0.159. The summed E-state index contributed by atoms with van der Waals surface area (Å²) < 4.78 is 0.887. The number of nitrogens with zero attached hydrogens (tertiary/aromatic N) is 2. The van der Waals surface area contributed by atoms with Gasteiger partial charge in [0.1, 0.15) is 0 Å². The summed E-state index contributed by atoms with van der Waals surface area (Å²) in [4.78, 5) is 17.1. The summed E-state index contributed by atoms with van der Waals surface area (Å²) in [6, 6.07) is 8.13. The van der Waals surface area contributed by atoms with Crippen LogP contribution in [0.15, 0.2) is 28.7 Å². The van der Waals surface area contributed by atoms with Crippen molar-refractivity contribution in [3.05, 3.63) is 34.3 Å². The summed E-state index contributed by atoms with van der Waals surface area (Å²) in [6.45, 7) is 1.71. The van der Waals surface area contributed by atoms with Crippen LogP contribution in [-0.2, 0) is 0 Å². The fourth-order valence-electron chi connectivity index (χ4n) is 2.76. The second-order valence-corrected chi connectivity index (χ2v) is 6.57. The lowest BCUT2D eigenvalue weighted by atomic mass is 10.1. The lowest BCUT2D eigenvalue weighted by Crippen LogP contribution is -2.42. The third-order valence-electron chi connectivity index (χ3n) is 3.92. The Labute approximate surface area is 130 Å². The van der Waals surface area contributed by atoms with E-state index in [2.05, 4.69) is 39.8 Å². The zero-order valence-electron chi connectivity index (χ0n) is 12.3. The van der Waals surface area contributed by atoms with Crippen LogP contribution in [0.1, 0.15) is 36.0 Å². The van der Waals surface area contributed by atoms with E-state index in [1.165, 1.54) is 12.8 Å². The lowest BCUT2D eigenvalue weighted by molar-refractivity contribution is 0.0666. The smallest absolute Gasteiger partial charge is 0.255 e. The molecular weight excluding hydrogens is 316 g/mol. The van der Waals surface area contributed by atoms with E-state index in [9.17, 15) is 4.79 Å². The number of carbonyl (C=O) groups excluding carboxylic acids is 1. The molecule has 1 aliphatic carbocycles. The van der Waals surface area contributed by atoms with Gasteiger partial charge in [0, 0.05) is 23.6 Å². The molecule has 1 aliphatic rings. The highest BCUT2D eigenvalue weighted by Crippen LogP contribution is 2.26. The van der Waals surface area contributed by atoms with Crippen molar-refractivity contribution in [3.63, 3.8) is 0 Å². The molecule has 1 fully saturated rings. The van der Waals surface area contributed by atoms with E-state index in [1.807, 2.05) is 24.3 Å². The van der Waals surface area contributed by atoms with Crippen LogP contribution in [0, 0.1) is 0 Å². The van der Waals surface area contributed by atoms with E-state index in [0.29, 0.717) is 6.04 Å². The van der Waals surface area contributed by atoms with Gasteiger partial charge in [-0.25, -0.2) is 0 Å². The monoisotopic (exact) mass is 338 g/mol. The highest BCUT2D eigenvalue weighted by molar-refractivity contribution is 9.10. The quantitative estimate of drug-likeness (QED) is 0.821. The molecule has 0 atom stereocenters. The van der Waals surface area contributed by atoms with E-state index in [0.717, 1.165) is 36.0 Å². The number of amides is 1. The van der Waals surface area contributed by atoms with Gasteiger partial charge in [0.15, 0.2) is 0 Å². The summed E-state index contributed by atoms with van der Waals surface area (Å²) >= 11 is 3.50. The molecular formula is C16H23BrN2O. The minimum Gasteiger partial charge on any atom is -0.334 e. The van der Waals surface area contributed by atoms with Crippen molar-refractivity contribution in [2.75, 3.05) is 27.2 Å². The Morgan fingerprint density at radius 2 is 1.85 bits per heavy atom. The van der Waals surface area contributed by atoms with Gasteiger partial charge in [0.25, 0.3) is 5.91 Å². The van der Waals surface area contributed by atoms with Crippen molar-refractivity contribution in [3.8, 4) is 0 Å². The average molecular weight is 339 g/mol. The van der Waals surface area contributed by atoms with Crippen molar-refractivity contribution in [1.29, 1.82) is 0 Å². The highest BCUT2D eigenvalue weighted by atomic mass is 79.9. The third-order valence-corrected chi connectivity index (χ3v) is 4.61. The van der Waals surface area contributed by atoms with Gasteiger partial charge >= 0.3 is 0 Å². The molecule has 20 heavy (non-hydrogen) atoms. The minimum atomic E-state index is 0.159. The topological polar surface area (TPSA) is 23.6 Å². The average Bonchev–Trinajstić information content (AvgIpc) is 2.93. The molecule has 4 heteroatoms. The maximum atomic E-state index is 12.8. The van der Waals surface area contributed by atoms with Crippen LogP contribution in [-0.4, -0.2) is 48.9 Å². The Bertz CT molecular complexity index is 456. The number of halogens is 1. The highest BCUT2D eigenvalue weighted by Gasteiger charge is 2.28. The molecule has 2 rings (SSSR count). The summed E-state index contributed by atoms with van der Waals surface area (Å²) in [5.74, 6) is 0.159. The largest absolute Gasteiger partial charge is 0.334 e. The SMILES string of the molecule is CN(C)CCN(C(=O)c1ccccc1Br)C1CCCC1. The molecule has 1 aromatic carbocycles. The van der Waals surface area contributed by atoms with Gasteiger partial charge in [0.2, 0.25) is 0 Å². The van der Waals surface area contributed by atoms with Crippen LogP contribution in [0.5, 0.6) is 0 Å². The number of benzene rings is 1. The van der Waals surface area contributed by atoms with Crippen LogP contribution in [0.25, 0.3) is 0 Å². The van der Waals surface area contributed by atoms with Gasteiger partial charge in [-0.2, -0.15) is 0 Å². The number of carbonyl (C=O) groups is 1. The Morgan fingerprint density at radius 3 is 2.45 bits per heavy atom. The Kier molecular flexibility index (Phi) is 5.61. The summed E-state index contributed by atoms with van der Waals surface area (Å²) in [5.41, 5.74) is 0.776. The molecule has 0 spiro atoms. The van der Waals surface area contributed by atoms with E-state index in [4.69, 9.17) is 0 Å². The lowest BCUT2D eigenvalue weighted by Gasteiger charge is -2.30. The third kappa shape index (κ3) is 3.83. The second-order valence-electron chi connectivity index (χ2n) is 5.72. The van der Waals surface area contributed by atoms with Crippen LogP contribution in [0.3, 0.4) is 0 Å². The van der Waals surface area contributed by atoms with Crippen LogP contribution in [0.2, 0.25) is 0 Å². The van der Waals surface area contributed by atoms with Crippen LogP contribution >= 0.6 is 15.9 Å². The first-order valence-corrected chi connectivity index (χ1v) is 8.09. The maximum absolute atomic E-state index is 12.8. The molecule has 0 aromatic heterocycles. The fourth-order valence-corrected chi connectivity index (χ4v) is 3.22. The van der Waals surface area contributed by atoms with Gasteiger partial charge in [0.05, 0.1) is 5.56 Å². The first-order chi connectivity index (χ1) is 9.59. The molecule has 0 N–H and O–H groups in total. The van der Waals surface area contributed by atoms with Gasteiger partial charge in [-0.3, -0.25) is 4.79 Å². The predicted octanol–water partition coefficient (Wildman–Crippen LogP) is 3.40. The molecule has 110 valence electrons. The normalized spacial score (nSPS) is 15.8. The van der Waals surface area contributed by atoms with Crippen molar-refractivity contribution in [1.82, 2.24) is 9.80 Å². The Hall–Kier alpha value is -0.870. The zero-order chi connectivity index (χ0) is 14.5. The number of rotatable bonds is 5. The standard InChI is InChI=1S/C16H23BrN2O/c1-18(2)11-12-19(13-7-3-4-8-13)16(20)14-9-5-6-10-15(14)17/h5-6,9-10,13H,3-4,7-8,11-12H2,1-2H3. The Balaban J connectivity index is 2.16. The first kappa shape index (κ1) is 15.5. The number of hydrogen-bond acceptors (Lipinski definition) is 2. The molecule has 0 saturated heterocycles. The molecule has 0 heterocycles. The molecule has 0 bridgehead atoms. The second kappa shape index (κ2) is 7.23. The summed E-state index contributed by atoms with van der Waals surface area (Å²) in [6.07, 6.45) is 4.77. The van der Waals surface area contributed by atoms with Gasteiger partial charge in [-0.05, 0) is 55.0 Å². The van der Waals surface area contributed by atoms with Crippen molar-refractivity contribution >= 4 is 21.8 Å². The molecule has 1 saturated carbocycles. The van der Waals surface area contributed by atoms with E-state index < -0.39 is 0 Å². The molecule has 0 aliphatic heterocycles. The van der Waals surface area contributed by atoms with Crippen LogP contribution in [0.4, 0.5) is 0 Å². The van der Waals surface area contributed by atoms with Crippen molar-refractivity contribution in [2.24, 2.45) is 0 Å². The molecule has 0 radical (unpaired) electrons. The van der Waals surface area contributed by atoms with E-state index in [-0.39, 0.29) is 5.91 Å². The van der Waals surface area contributed by atoms with Crippen molar-refractivity contribution < 1.29 is 4.79 Å². The molecule has 3 nitrogen and oxygen atoms in total. The first-order valence-electron chi connectivity index (χ1n) is 7.30. The summed E-state index contributed by atoms with van der Waals surface area (Å²) in [7, 11) is 4.10. The fraction of sp³-hybridized carbons (Fsp3) is 0.562. The zero-order valence-corrected chi connectivity index (χ0v) is 13.9. The van der Waals surface area contributed by atoms with Gasteiger partial charge < -0.3 is 9.80 Å². The van der Waals surface area contributed by atoms with Gasteiger partial charge in [-0.15, -0.1) is 0 Å². The molecule has 1 amide bonds. The van der Waals surface area contributed by atoms with Crippen LogP contribution < -0.4 is 0 Å².